The zero-order valence-corrected chi connectivity index (χ0v) is 16.4. The van der Waals surface area contributed by atoms with Crippen molar-refractivity contribution in [2.24, 2.45) is 0 Å². The second kappa shape index (κ2) is 7.51. The molecule has 0 bridgehead atoms. The van der Waals surface area contributed by atoms with Crippen LogP contribution in [0.15, 0.2) is 73.1 Å². The number of nitrogens with one attached hydrogen (secondary N) is 1. The van der Waals surface area contributed by atoms with Gasteiger partial charge in [0, 0.05) is 22.8 Å². The Morgan fingerprint density at radius 3 is 2.74 bits per heavy atom. The molecule has 4 rings (SSSR count). The highest BCUT2D eigenvalue weighted by atomic mass is 35.5. The van der Waals surface area contributed by atoms with Crippen molar-refractivity contribution in [2.75, 3.05) is 0 Å². The fourth-order valence-corrected chi connectivity index (χ4v) is 3.46. The molecule has 0 saturated heterocycles. The van der Waals surface area contributed by atoms with Gasteiger partial charge in [-0.25, -0.2) is 4.98 Å². The topological polar surface area (TPSA) is 29.9 Å². The van der Waals surface area contributed by atoms with Crippen LogP contribution in [0.4, 0.5) is 0 Å². The average molecular weight is 392 g/mol. The van der Waals surface area contributed by atoms with Gasteiger partial charge in [-0.1, -0.05) is 54.2 Å². The first kappa shape index (κ1) is 17.7. The van der Waals surface area contributed by atoms with E-state index in [0.29, 0.717) is 11.5 Å². The van der Waals surface area contributed by atoms with Crippen molar-refractivity contribution in [3.8, 4) is 5.69 Å². The molecule has 27 heavy (non-hydrogen) atoms. The number of imidazole rings is 1. The van der Waals surface area contributed by atoms with Crippen LogP contribution in [0.25, 0.3) is 16.7 Å². The van der Waals surface area contributed by atoms with Gasteiger partial charge in [-0.3, -0.25) is 4.57 Å². The predicted octanol–water partition coefficient (Wildman–Crippen LogP) is 5.45. The second-order valence-electron chi connectivity index (χ2n) is 6.43. The third kappa shape index (κ3) is 3.72. The van der Waals surface area contributed by atoms with Crippen LogP contribution in [0.3, 0.4) is 0 Å². The predicted molar refractivity (Wildman–Crippen MR) is 116 cm³/mol. The molecule has 0 saturated carbocycles. The Labute approximate surface area is 168 Å². The van der Waals surface area contributed by atoms with Gasteiger partial charge in [0.15, 0.2) is 0 Å². The van der Waals surface area contributed by atoms with Gasteiger partial charge in [0.2, 0.25) is 0 Å². The number of hydrogen-bond donors (Lipinski definition) is 1. The quantitative estimate of drug-likeness (QED) is 0.469. The summed E-state index contributed by atoms with van der Waals surface area (Å²) < 4.78 is 2.09. The molecule has 3 aromatic carbocycles. The van der Waals surface area contributed by atoms with Crippen molar-refractivity contribution < 1.29 is 0 Å². The maximum Gasteiger partial charge on any atom is 0.106 e. The lowest BCUT2D eigenvalue weighted by atomic mass is 10.1. The first-order valence-corrected chi connectivity index (χ1v) is 9.46. The molecular weight excluding hydrogens is 374 g/mol. The molecule has 3 nitrogen and oxygen atoms in total. The van der Waals surface area contributed by atoms with E-state index in [0.717, 1.165) is 32.9 Å². The van der Waals surface area contributed by atoms with Gasteiger partial charge in [0.05, 0.1) is 11.0 Å². The molecule has 0 aliphatic heterocycles. The van der Waals surface area contributed by atoms with Crippen LogP contribution in [0.5, 0.6) is 0 Å². The summed E-state index contributed by atoms with van der Waals surface area (Å²) in [5, 5.41) is 4.02. The molecule has 0 aliphatic rings. The van der Waals surface area contributed by atoms with Crippen molar-refractivity contribution in [3.05, 3.63) is 94.8 Å². The minimum atomic E-state index is 0.592. The lowest BCUT2D eigenvalue weighted by molar-refractivity contribution is 0.929. The minimum Gasteiger partial charge on any atom is -0.372 e. The molecule has 0 radical (unpaired) electrons. The second-order valence-corrected chi connectivity index (χ2v) is 7.25. The van der Waals surface area contributed by atoms with E-state index in [1.807, 2.05) is 42.7 Å². The molecule has 1 heterocycles. The van der Waals surface area contributed by atoms with E-state index in [9.17, 15) is 0 Å². The third-order valence-corrected chi connectivity index (χ3v) is 5.24. The highest BCUT2D eigenvalue weighted by Crippen LogP contribution is 2.21. The summed E-state index contributed by atoms with van der Waals surface area (Å²) in [6.45, 7) is 2.68. The molecule has 5 heteroatoms. The van der Waals surface area contributed by atoms with Crippen LogP contribution in [0, 0.1) is 6.92 Å². The van der Waals surface area contributed by atoms with Crippen molar-refractivity contribution in [1.82, 2.24) is 14.9 Å². The van der Waals surface area contributed by atoms with Gasteiger partial charge in [0.25, 0.3) is 0 Å². The molecule has 1 N–H and O–H groups in total. The molecule has 134 valence electrons. The van der Waals surface area contributed by atoms with Crippen molar-refractivity contribution >= 4 is 39.8 Å². The molecule has 1 aromatic heterocycles. The van der Waals surface area contributed by atoms with Crippen LogP contribution < -0.4 is 5.32 Å². The van der Waals surface area contributed by atoms with E-state index in [2.05, 4.69) is 52.1 Å². The van der Waals surface area contributed by atoms with Crippen LogP contribution in [-0.4, -0.2) is 14.5 Å². The molecule has 0 fully saturated rings. The molecule has 0 aliphatic carbocycles. The van der Waals surface area contributed by atoms with Gasteiger partial charge in [-0.05, 0) is 54.4 Å². The molecular formula is C22H18ClN3S. The number of halogens is 1. The third-order valence-electron chi connectivity index (χ3n) is 4.49. The van der Waals surface area contributed by atoms with E-state index in [4.69, 9.17) is 23.8 Å². The lowest BCUT2D eigenvalue weighted by Gasteiger charge is -2.10. The van der Waals surface area contributed by atoms with Crippen LogP contribution in [-0.2, 0) is 6.54 Å². The Hall–Kier alpha value is -2.69. The molecule has 0 amide bonds. The summed E-state index contributed by atoms with van der Waals surface area (Å²) in [6.07, 6.45) is 1.85. The SMILES string of the molecule is Cc1cccc(-n2cnc3cc(C(=S)NCc4ccccc4Cl)ccc32)c1. The maximum atomic E-state index is 6.21. The van der Waals surface area contributed by atoms with E-state index in [1.165, 1.54) is 5.56 Å². The van der Waals surface area contributed by atoms with Gasteiger partial charge in [0.1, 0.15) is 11.3 Å². The highest BCUT2D eigenvalue weighted by Gasteiger charge is 2.09. The van der Waals surface area contributed by atoms with Crippen LogP contribution in [0.1, 0.15) is 16.7 Å². The monoisotopic (exact) mass is 391 g/mol. The van der Waals surface area contributed by atoms with E-state index >= 15 is 0 Å². The largest absolute Gasteiger partial charge is 0.372 e. The van der Waals surface area contributed by atoms with Crippen LogP contribution in [0.2, 0.25) is 5.02 Å². The number of aryl methyl sites for hydroxylation is 1. The summed E-state index contributed by atoms with van der Waals surface area (Å²) in [5.74, 6) is 0. The van der Waals surface area contributed by atoms with Crippen LogP contribution >= 0.6 is 23.8 Å². The summed E-state index contributed by atoms with van der Waals surface area (Å²) in [5.41, 5.74) is 6.25. The van der Waals surface area contributed by atoms with E-state index in [1.54, 1.807) is 0 Å². The molecule has 0 spiro atoms. The molecule has 0 unspecified atom stereocenters. The average Bonchev–Trinajstić information content (AvgIpc) is 3.10. The Kier molecular flexibility index (Phi) is 4.92. The first-order valence-electron chi connectivity index (χ1n) is 8.67. The van der Waals surface area contributed by atoms with Gasteiger partial charge >= 0.3 is 0 Å². The highest BCUT2D eigenvalue weighted by molar-refractivity contribution is 7.80. The standard InChI is InChI=1S/C22H18ClN3S/c1-15-5-4-7-18(11-15)26-14-25-20-12-16(9-10-21(20)26)22(27)24-13-17-6-2-3-8-19(17)23/h2-12,14H,13H2,1H3,(H,24,27). The number of aromatic nitrogens is 2. The number of rotatable bonds is 4. The minimum absolute atomic E-state index is 0.592. The number of thiocarbonyl (C=S) groups is 1. The zero-order chi connectivity index (χ0) is 18.8. The summed E-state index contributed by atoms with van der Waals surface area (Å²) in [4.78, 5) is 5.24. The van der Waals surface area contributed by atoms with Crippen molar-refractivity contribution in [2.45, 2.75) is 13.5 Å². The normalized spacial score (nSPS) is 10.9. The molecule has 0 atom stereocenters. The van der Waals surface area contributed by atoms with Gasteiger partial charge < -0.3 is 5.32 Å². The summed E-state index contributed by atoms with van der Waals surface area (Å²) in [6, 6.07) is 22.2. The van der Waals surface area contributed by atoms with Crippen molar-refractivity contribution in [1.29, 1.82) is 0 Å². The Balaban J connectivity index is 1.57. The lowest BCUT2D eigenvalue weighted by Crippen LogP contribution is -2.21. The first-order chi connectivity index (χ1) is 13.1. The number of hydrogen-bond acceptors (Lipinski definition) is 2. The number of benzene rings is 3. The Bertz CT molecular complexity index is 1130. The van der Waals surface area contributed by atoms with E-state index in [-0.39, 0.29) is 0 Å². The fourth-order valence-electron chi connectivity index (χ4n) is 3.06. The maximum absolute atomic E-state index is 6.21. The Morgan fingerprint density at radius 1 is 1.07 bits per heavy atom. The van der Waals surface area contributed by atoms with Gasteiger partial charge in [-0.15, -0.1) is 0 Å². The van der Waals surface area contributed by atoms with E-state index < -0.39 is 0 Å². The van der Waals surface area contributed by atoms with Gasteiger partial charge in [-0.2, -0.15) is 0 Å². The Morgan fingerprint density at radius 2 is 1.93 bits per heavy atom. The zero-order valence-electron chi connectivity index (χ0n) is 14.8. The number of nitrogens with zero attached hydrogens (tertiary/aromatic N) is 2. The fraction of sp³-hybridized carbons (Fsp3) is 0.0909. The smallest absolute Gasteiger partial charge is 0.106 e. The summed E-state index contributed by atoms with van der Waals surface area (Å²) >= 11 is 11.8. The molecule has 4 aromatic rings. The van der Waals surface area contributed by atoms with Crippen molar-refractivity contribution in [3.63, 3.8) is 0 Å². The summed E-state index contributed by atoms with van der Waals surface area (Å²) in [7, 11) is 0. The number of fused-ring (bicyclic) bond motifs is 1.